The molecule has 1 N–H and O–H groups in total. The molecule has 1 aromatic heterocycles. The van der Waals surface area contributed by atoms with Crippen LogP contribution in [0.4, 0.5) is 5.69 Å². The molecule has 5 heteroatoms. The highest BCUT2D eigenvalue weighted by molar-refractivity contribution is 7.98. The number of anilines is 1. The summed E-state index contributed by atoms with van der Waals surface area (Å²) in [5.41, 5.74) is 2.22. The second-order valence-electron chi connectivity index (χ2n) is 4.12. The molecular formula is C13H18N4S. The molecule has 0 aliphatic rings. The van der Waals surface area contributed by atoms with Gasteiger partial charge < -0.3 is 9.88 Å². The first kappa shape index (κ1) is 13.0. The molecule has 0 bridgehead atoms. The van der Waals surface area contributed by atoms with Crippen molar-refractivity contribution in [2.45, 2.75) is 6.42 Å². The largest absolute Gasteiger partial charge is 0.385 e. The van der Waals surface area contributed by atoms with Crippen molar-refractivity contribution in [1.29, 1.82) is 0 Å². The average molecular weight is 262 g/mol. The number of rotatable bonds is 6. The summed E-state index contributed by atoms with van der Waals surface area (Å²) in [6.45, 7) is 1.00. The van der Waals surface area contributed by atoms with Crippen LogP contribution in [0.3, 0.4) is 0 Å². The monoisotopic (exact) mass is 262 g/mol. The Morgan fingerprint density at radius 2 is 2.28 bits per heavy atom. The maximum Gasteiger partial charge on any atom is 0.163 e. The van der Waals surface area contributed by atoms with Crippen LogP contribution >= 0.6 is 11.8 Å². The van der Waals surface area contributed by atoms with E-state index in [1.807, 2.05) is 29.4 Å². The number of nitrogens with one attached hydrogen (secondary N) is 1. The highest BCUT2D eigenvalue weighted by atomic mass is 32.2. The van der Waals surface area contributed by atoms with E-state index in [-0.39, 0.29) is 0 Å². The van der Waals surface area contributed by atoms with Crippen molar-refractivity contribution in [3.63, 3.8) is 0 Å². The third-order valence-corrected chi connectivity index (χ3v) is 3.38. The Labute approximate surface area is 112 Å². The number of nitrogens with zero attached hydrogens (tertiary/aromatic N) is 3. The summed E-state index contributed by atoms with van der Waals surface area (Å²) < 4.78 is 1.92. The van der Waals surface area contributed by atoms with E-state index in [2.05, 4.69) is 40.0 Å². The molecule has 0 amide bonds. The van der Waals surface area contributed by atoms with E-state index < -0.39 is 0 Å². The van der Waals surface area contributed by atoms with Crippen LogP contribution in [0.15, 0.2) is 30.6 Å². The molecule has 0 spiro atoms. The van der Waals surface area contributed by atoms with Crippen LogP contribution in [0.25, 0.3) is 11.4 Å². The molecule has 4 nitrogen and oxygen atoms in total. The summed E-state index contributed by atoms with van der Waals surface area (Å²) in [6.07, 6.45) is 5.03. The van der Waals surface area contributed by atoms with E-state index in [4.69, 9.17) is 0 Å². The highest BCUT2D eigenvalue weighted by Gasteiger charge is 2.04. The quantitative estimate of drug-likeness (QED) is 0.813. The van der Waals surface area contributed by atoms with Gasteiger partial charge in [0.05, 0.1) is 0 Å². The minimum Gasteiger partial charge on any atom is -0.385 e. The summed E-state index contributed by atoms with van der Waals surface area (Å²) in [5, 5.41) is 11.5. The van der Waals surface area contributed by atoms with Gasteiger partial charge >= 0.3 is 0 Å². The zero-order valence-electron chi connectivity index (χ0n) is 10.8. The van der Waals surface area contributed by atoms with Crippen molar-refractivity contribution < 1.29 is 0 Å². The van der Waals surface area contributed by atoms with Gasteiger partial charge in [-0.25, -0.2) is 0 Å². The lowest BCUT2D eigenvalue weighted by Gasteiger charge is -2.07. The first-order valence-electron chi connectivity index (χ1n) is 5.98. The number of benzene rings is 1. The van der Waals surface area contributed by atoms with Crippen molar-refractivity contribution in [3.8, 4) is 11.4 Å². The van der Waals surface area contributed by atoms with E-state index in [0.717, 1.165) is 23.6 Å². The molecule has 0 radical (unpaired) electrons. The lowest BCUT2D eigenvalue weighted by molar-refractivity contribution is 0.919. The second-order valence-corrected chi connectivity index (χ2v) is 5.10. The maximum atomic E-state index is 4.12. The fraction of sp³-hybridized carbons (Fsp3) is 0.385. The van der Waals surface area contributed by atoms with Gasteiger partial charge in [-0.05, 0) is 30.6 Å². The van der Waals surface area contributed by atoms with Gasteiger partial charge in [0.25, 0.3) is 0 Å². The zero-order valence-corrected chi connectivity index (χ0v) is 11.6. The summed E-state index contributed by atoms with van der Waals surface area (Å²) in [4.78, 5) is 0. The SMILES string of the molecule is CSCCCNc1cccc(-c2nncn2C)c1. The zero-order chi connectivity index (χ0) is 12.8. The van der Waals surface area contributed by atoms with E-state index >= 15 is 0 Å². The van der Waals surface area contributed by atoms with Gasteiger partial charge in [-0.1, -0.05) is 12.1 Å². The first-order valence-corrected chi connectivity index (χ1v) is 7.38. The van der Waals surface area contributed by atoms with Gasteiger partial charge in [0, 0.05) is 24.8 Å². The van der Waals surface area contributed by atoms with Gasteiger partial charge in [-0.15, -0.1) is 10.2 Å². The Bertz CT molecular complexity index is 495. The molecule has 0 aliphatic carbocycles. The molecule has 18 heavy (non-hydrogen) atoms. The molecule has 2 rings (SSSR count). The van der Waals surface area contributed by atoms with E-state index in [1.165, 1.54) is 12.2 Å². The Hall–Kier alpha value is -1.49. The van der Waals surface area contributed by atoms with Crippen molar-refractivity contribution >= 4 is 17.4 Å². The smallest absolute Gasteiger partial charge is 0.163 e. The molecule has 0 unspecified atom stereocenters. The Morgan fingerprint density at radius 1 is 1.39 bits per heavy atom. The molecule has 0 aliphatic heterocycles. The Balaban J connectivity index is 2.04. The number of hydrogen-bond donors (Lipinski definition) is 1. The molecule has 0 fully saturated rings. The minimum absolute atomic E-state index is 0.891. The van der Waals surface area contributed by atoms with Crippen molar-refractivity contribution in [2.24, 2.45) is 7.05 Å². The highest BCUT2D eigenvalue weighted by Crippen LogP contribution is 2.19. The molecular weight excluding hydrogens is 244 g/mol. The third kappa shape index (κ3) is 3.26. The second kappa shape index (κ2) is 6.44. The Kier molecular flexibility index (Phi) is 4.64. The van der Waals surface area contributed by atoms with Crippen LogP contribution in [0, 0.1) is 0 Å². The van der Waals surface area contributed by atoms with Crippen LogP contribution < -0.4 is 5.32 Å². The molecule has 0 atom stereocenters. The van der Waals surface area contributed by atoms with Crippen LogP contribution in [-0.4, -0.2) is 33.3 Å². The summed E-state index contributed by atoms with van der Waals surface area (Å²) >= 11 is 1.88. The summed E-state index contributed by atoms with van der Waals surface area (Å²) in [5.74, 6) is 2.08. The molecule has 2 aromatic rings. The average Bonchev–Trinajstić information content (AvgIpc) is 2.81. The molecule has 96 valence electrons. The van der Waals surface area contributed by atoms with Crippen molar-refractivity contribution in [1.82, 2.24) is 14.8 Å². The van der Waals surface area contributed by atoms with Gasteiger partial charge in [-0.3, -0.25) is 0 Å². The molecule has 1 aromatic carbocycles. The van der Waals surface area contributed by atoms with Gasteiger partial charge in [0.15, 0.2) is 5.82 Å². The number of aryl methyl sites for hydroxylation is 1. The van der Waals surface area contributed by atoms with Crippen LogP contribution in [0.2, 0.25) is 0 Å². The van der Waals surface area contributed by atoms with Gasteiger partial charge in [0.1, 0.15) is 6.33 Å². The molecule has 1 heterocycles. The topological polar surface area (TPSA) is 42.7 Å². The number of aromatic nitrogens is 3. The van der Waals surface area contributed by atoms with Gasteiger partial charge in [-0.2, -0.15) is 11.8 Å². The van der Waals surface area contributed by atoms with E-state index in [9.17, 15) is 0 Å². The fourth-order valence-electron chi connectivity index (χ4n) is 1.76. The lowest BCUT2D eigenvalue weighted by Crippen LogP contribution is -2.02. The van der Waals surface area contributed by atoms with E-state index in [0.29, 0.717) is 0 Å². The Morgan fingerprint density at radius 3 is 3.00 bits per heavy atom. The number of hydrogen-bond acceptors (Lipinski definition) is 4. The summed E-state index contributed by atoms with van der Waals surface area (Å²) in [6, 6.07) is 8.29. The maximum absolute atomic E-state index is 4.12. The van der Waals surface area contributed by atoms with Crippen LogP contribution in [-0.2, 0) is 7.05 Å². The van der Waals surface area contributed by atoms with E-state index in [1.54, 1.807) is 6.33 Å². The summed E-state index contributed by atoms with van der Waals surface area (Å²) in [7, 11) is 1.95. The lowest BCUT2D eigenvalue weighted by atomic mass is 10.2. The predicted octanol–water partition coefficient (Wildman–Crippen LogP) is 2.65. The van der Waals surface area contributed by atoms with Crippen LogP contribution in [0.1, 0.15) is 6.42 Å². The first-order chi connectivity index (χ1) is 8.81. The molecule has 0 saturated heterocycles. The van der Waals surface area contributed by atoms with Crippen LogP contribution in [0.5, 0.6) is 0 Å². The standard InChI is InChI=1S/C13H18N4S/c1-17-10-15-16-13(17)11-5-3-6-12(9-11)14-7-4-8-18-2/h3,5-6,9-10,14H,4,7-8H2,1-2H3. The third-order valence-electron chi connectivity index (χ3n) is 2.69. The fourth-order valence-corrected chi connectivity index (χ4v) is 2.20. The normalized spacial score (nSPS) is 10.6. The van der Waals surface area contributed by atoms with Crippen molar-refractivity contribution in [3.05, 3.63) is 30.6 Å². The predicted molar refractivity (Wildman–Crippen MR) is 77.9 cm³/mol. The number of thioether (sulfide) groups is 1. The molecule has 0 saturated carbocycles. The minimum atomic E-state index is 0.891. The van der Waals surface area contributed by atoms with Gasteiger partial charge in [0.2, 0.25) is 0 Å². The van der Waals surface area contributed by atoms with Crippen molar-refractivity contribution in [2.75, 3.05) is 23.9 Å².